The van der Waals surface area contributed by atoms with Crippen molar-refractivity contribution in [2.45, 2.75) is 67.7 Å². The molecule has 0 saturated carbocycles. The Hall–Kier alpha value is -0.160. The smallest absolute Gasteiger partial charge is 0.304 e. The number of hydrogen-bond donors (Lipinski definition) is 0. The second kappa shape index (κ2) is 7.40. The van der Waals surface area contributed by atoms with E-state index in [1.807, 2.05) is 6.92 Å². The Balaban J connectivity index is 2.66. The molecule has 0 amide bonds. The van der Waals surface area contributed by atoms with Crippen molar-refractivity contribution in [1.82, 2.24) is 0 Å². The van der Waals surface area contributed by atoms with Crippen LogP contribution < -0.4 is 0 Å². The van der Waals surface area contributed by atoms with Gasteiger partial charge in [0, 0.05) is 0 Å². The number of rotatable bonds is 7. The van der Waals surface area contributed by atoms with Crippen molar-refractivity contribution in [3.63, 3.8) is 0 Å². The van der Waals surface area contributed by atoms with Crippen molar-refractivity contribution in [2.24, 2.45) is 23.2 Å². The van der Waals surface area contributed by atoms with Gasteiger partial charge in [-0.2, -0.15) is 0 Å². The molecule has 126 valence electrons. The number of hydrogen-bond acceptors (Lipinski definition) is 4. The van der Waals surface area contributed by atoms with E-state index in [2.05, 4.69) is 48.5 Å². The summed E-state index contributed by atoms with van der Waals surface area (Å²) in [6, 6.07) is 0. The van der Waals surface area contributed by atoms with E-state index in [4.69, 9.17) is 18.9 Å². The maximum atomic E-state index is 6.02. The molecule has 0 aromatic heterocycles. The molecule has 1 aliphatic heterocycles. The van der Waals surface area contributed by atoms with Crippen molar-refractivity contribution < 1.29 is 18.9 Å². The molecule has 4 nitrogen and oxygen atoms in total. The second-order valence-electron chi connectivity index (χ2n) is 7.33. The van der Waals surface area contributed by atoms with Gasteiger partial charge < -0.3 is 14.2 Å². The van der Waals surface area contributed by atoms with Gasteiger partial charge in [0.15, 0.2) is 0 Å². The zero-order valence-corrected chi connectivity index (χ0v) is 15.1. The Labute approximate surface area is 130 Å². The van der Waals surface area contributed by atoms with Gasteiger partial charge in [-0.05, 0) is 37.0 Å². The first-order valence-corrected chi connectivity index (χ1v) is 8.22. The molecule has 0 aliphatic carbocycles. The zero-order valence-electron chi connectivity index (χ0n) is 15.1. The molecule has 0 N–H and O–H groups in total. The van der Waals surface area contributed by atoms with Crippen molar-refractivity contribution in [2.75, 3.05) is 19.8 Å². The van der Waals surface area contributed by atoms with E-state index in [1.54, 1.807) is 0 Å². The zero-order chi connectivity index (χ0) is 16.3. The first-order chi connectivity index (χ1) is 9.63. The monoisotopic (exact) mass is 302 g/mol. The minimum Gasteiger partial charge on any atom is -0.304 e. The molecule has 1 fully saturated rings. The van der Waals surface area contributed by atoms with Gasteiger partial charge in [0.1, 0.15) is 0 Å². The van der Waals surface area contributed by atoms with Gasteiger partial charge in [-0.1, -0.05) is 41.5 Å². The normalized spacial score (nSPS) is 24.6. The Morgan fingerprint density at radius 1 is 1.00 bits per heavy atom. The van der Waals surface area contributed by atoms with Gasteiger partial charge >= 0.3 is 6.16 Å². The van der Waals surface area contributed by atoms with Gasteiger partial charge in [-0.3, -0.25) is 4.74 Å². The average Bonchev–Trinajstić information content (AvgIpc) is 2.83. The average molecular weight is 302 g/mol. The molecular formula is C17H34O4. The van der Waals surface area contributed by atoms with Crippen LogP contribution in [0.4, 0.5) is 0 Å². The van der Waals surface area contributed by atoms with Crippen molar-refractivity contribution >= 4 is 0 Å². The standard InChI is InChI=1S/C17H34O4/c1-9-18-17(19-10-11-20-17)21-15(5)13(3)12(2)14(4)16(6,7)8/h12-15H,9-11H2,1-8H3. The minimum atomic E-state index is -1.30. The van der Waals surface area contributed by atoms with Crippen LogP contribution in [0.25, 0.3) is 0 Å². The summed E-state index contributed by atoms with van der Waals surface area (Å²) in [6.45, 7) is 19.2. The molecule has 0 bridgehead atoms. The highest BCUT2D eigenvalue weighted by Gasteiger charge is 2.43. The highest BCUT2D eigenvalue weighted by Crippen LogP contribution is 2.38. The van der Waals surface area contributed by atoms with Crippen LogP contribution in [0.5, 0.6) is 0 Å². The summed E-state index contributed by atoms with van der Waals surface area (Å²) < 4.78 is 22.7. The maximum absolute atomic E-state index is 6.02. The highest BCUT2D eigenvalue weighted by atomic mass is 17.0. The van der Waals surface area contributed by atoms with Crippen LogP contribution in [0.15, 0.2) is 0 Å². The summed E-state index contributed by atoms with van der Waals surface area (Å²) in [5, 5.41) is 0. The molecule has 1 rings (SSSR count). The van der Waals surface area contributed by atoms with Crippen LogP contribution in [0.1, 0.15) is 55.4 Å². The summed E-state index contributed by atoms with van der Waals surface area (Å²) >= 11 is 0. The summed E-state index contributed by atoms with van der Waals surface area (Å²) in [6.07, 6.45) is -1.30. The lowest BCUT2D eigenvalue weighted by molar-refractivity contribution is -0.474. The third-order valence-corrected chi connectivity index (χ3v) is 5.02. The van der Waals surface area contributed by atoms with E-state index in [0.29, 0.717) is 37.6 Å². The Morgan fingerprint density at radius 2 is 1.52 bits per heavy atom. The topological polar surface area (TPSA) is 36.9 Å². The van der Waals surface area contributed by atoms with E-state index in [0.717, 1.165) is 0 Å². The minimum absolute atomic E-state index is 0.00514. The molecule has 0 aromatic carbocycles. The van der Waals surface area contributed by atoms with Crippen LogP contribution in [0.2, 0.25) is 0 Å². The lowest BCUT2D eigenvalue weighted by Gasteiger charge is -2.39. The summed E-state index contributed by atoms with van der Waals surface area (Å²) in [4.78, 5) is 0. The van der Waals surface area contributed by atoms with Gasteiger partial charge in [0.2, 0.25) is 0 Å². The largest absolute Gasteiger partial charge is 0.413 e. The maximum Gasteiger partial charge on any atom is 0.413 e. The van der Waals surface area contributed by atoms with Crippen LogP contribution in [-0.2, 0) is 18.9 Å². The van der Waals surface area contributed by atoms with Gasteiger partial charge in [-0.15, -0.1) is 0 Å². The Morgan fingerprint density at radius 3 is 1.95 bits per heavy atom. The molecule has 0 aromatic rings. The van der Waals surface area contributed by atoms with Crippen LogP contribution in [0.3, 0.4) is 0 Å². The SMILES string of the molecule is CCOC1(OC(C)C(C)C(C)C(C)C(C)(C)C)OCCO1. The molecule has 0 spiro atoms. The molecule has 1 saturated heterocycles. The molecule has 0 radical (unpaired) electrons. The van der Waals surface area contributed by atoms with Gasteiger partial charge in [0.25, 0.3) is 0 Å². The Kier molecular flexibility index (Phi) is 6.66. The predicted molar refractivity (Wildman–Crippen MR) is 83.8 cm³/mol. The van der Waals surface area contributed by atoms with Crippen LogP contribution in [-0.4, -0.2) is 32.1 Å². The van der Waals surface area contributed by atoms with Gasteiger partial charge in [-0.25, -0.2) is 0 Å². The summed E-state index contributed by atoms with van der Waals surface area (Å²) in [5.41, 5.74) is 0.283. The fourth-order valence-electron chi connectivity index (χ4n) is 2.74. The van der Waals surface area contributed by atoms with Crippen molar-refractivity contribution in [1.29, 1.82) is 0 Å². The lowest BCUT2D eigenvalue weighted by atomic mass is 9.70. The molecule has 4 heteroatoms. The quantitative estimate of drug-likeness (QED) is 0.665. The molecule has 4 unspecified atom stereocenters. The van der Waals surface area contributed by atoms with E-state index in [-0.39, 0.29) is 11.5 Å². The fourth-order valence-corrected chi connectivity index (χ4v) is 2.74. The molecule has 4 atom stereocenters. The molecular weight excluding hydrogens is 268 g/mol. The molecule has 21 heavy (non-hydrogen) atoms. The second-order valence-corrected chi connectivity index (χ2v) is 7.33. The third kappa shape index (κ3) is 4.92. The fraction of sp³-hybridized carbons (Fsp3) is 1.00. The highest BCUT2D eigenvalue weighted by molar-refractivity contribution is 4.80. The first-order valence-electron chi connectivity index (χ1n) is 8.22. The van der Waals surface area contributed by atoms with E-state index in [1.165, 1.54) is 0 Å². The third-order valence-electron chi connectivity index (χ3n) is 5.02. The summed E-state index contributed by atoms with van der Waals surface area (Å²) in [5.74, 6) is 1.50. The van der Waals surface area contributed by atoms with Crippen molar-refractivity contribution in [3.05, 3.63) is 0 Å². The Bertz CT molecular complexity index is 304. The van der Waals surface area contributed by atoms with Crippen LogP contribution in [0, 0.1) is 23.2 Å². The van der Waals surface area contributed by atoms with Gasteiger partial charge in [0.05, 0.1) is 25.9 Å². The lowest BCUT2D eigenvalue weighted by Crippen LogP contribution is -2.43. The van der Waals surface area contributed by atoms with E-state index in [9.17, 15) is 0 Å². The predicted octanol–water partition coefficient (Wildman–Crippen LogP) is 4.04. The van der Waals surface area contributed by atoms with Crippen LogP contribution >= 0.6 is 0 Å². The molecule has 1 heterocycles. The summed E-state index contributed by atoms with van der Waals surface area (Å²) in [7, 11) is 0. The van der Waals surface area contributed by atoms with E-state index < -0.39 is 6.16 Å². The number of ether oxygens (including phenoxy) is 4. The van der Waals surface area contributed by atoms with Crippen molar-refractivity contribution in [3.8, 4) is 0 Å². The molecule has 1 aliphatic rings. The van der Waals surface area contributed by atoms with E-state index >= 15 is 0 Å². The first kappa shape index (κ1) is 18.9.